The van der Waals surface area contributed by atoms with Crippen molar-refractivity contribution in [1.29, 1.82) is 0 Å². The maximum absolute atomic E-state index is 12.7. The molecule has 0 unspecified atom stereocenters. The van der Waals surface area contributed by atoms with Gasteiger partial charge in [-0.25, -0.2) is 4.98 Å². The van der Waals surface area contributed by atoms with Gasteiger partial charge in [0.25, 0.3) is 5.91 Å². The standard InChI is InChI=1S/C21H21N3O3S/c1-14-22-19(13-28-14)15-4-6-18(7-5-15)23-20(25)16-3-2-9-24(11-16)21(26)17-8-10-27-12-17/h4-8,10,12-13,16H,2-3,9,11H2,1H3,(H,23,25)/t16-/m1/s1. The molecule has 0 bridgehead atoms. The number of aryl methyl sites for hydroxylation is 1. The zero-order valence-corrected chi connectivity index (χ0v) is 16.4. The predicted molar refractivity (Wildman–Crippen MR) is 108 cm³/mol. The highest BCUT2D eigenvalue weighted by Crippen LogP contribution is 2.24. The molecule has 0 spiro atoms. The third-order valence-electron chi connectivity index (χ3n) is 4.91. The van der Waals surface area contributed by atoms with Gasteiger partial charge in [0.2, 0.25) is 5.91 Å². The number of carbonyl (C=O) groups excluding carboxylic acids is 2. The van der Waals surface area contributed by atoms with Crippen LogP contribution >= 0.6 is 11.3 Å². The third kappa shape index (κ3) is 3.99. The maximum atomic E-state index is 12.7. The second-order valence-corrected chi connectivity index (χ2v) is 7.98. The minimum absolute atomic E-state index is 0.0538. The van der Waals surface area contributed by atoms with E-state index < -0.39 is 0 Å². The lowest BCUT2D eigenvalue weighted by molar-refractivity contribution is -0.121. The number of amides is 2. The summed E-state index contributed by atoms with van der Waals surface area (Å²) in [5.74, 6) is -0.360. The van der Waals surface area contributed by atoms with E-state index in [1.807, 2.05) is 36.6 Å². The lowest BCUT2D eigenvalue weighted by Gasteiger charge is -2.31. The zero-order valence-electron chi connectivity index (χ0n) is 15.6. The first-order valence-corrected chi connectivity index (χ1v) is 10.1. The van der Waals surface area contributed by atoms with Crippen molar-refractivity contribution in [2.24, 2.45) is 5.92 Å². The Hall–Kier alpha value is -2.93. The van der Waals surface area contributed by atoms with E-state index in [9.17, 15) is 9.59 Å². The van der Waals surface area contributed by atoms with Crippen molar-refractivity contribution in [3.05, 3.63) is 58.8 Å². The average Bonchev–Trinajstić information content (AvgIpc) is 3.40. The van der Waals surface area contributed by atoms with Crippen molar-refractivity contribution in [3.8, 4) is 11.3 Å². The van der Waals surface area contributed by atoms with Gasteiger partial charge >= 0.3 is 0 Å². The van der Waals surface area contributed by atoms with Gasteiger partial charge in [-0.3, -0.25) is 9.59 Å². The number of thiazole rings is 1. The normalized spacial score (nSPS) is 16.8. The smallest absolute Gasteiger partial charge is 0.257 e. The Kier molecular flexibility index (Phi) is 5.25. The van der Waals surface area contributed by atoms with E-state index in [2.05, 4.69) is 10.3 Å². The van der Waals surface area contributed by atoms with Gasteiger partial charge in [0.05, 0.1) is 28.4 Å². The summed E-state index contributed by atoms with van der Waals surface area (Å²) in [5.41, 5.74) is 3.24. The average molecular weight is 395 g/mol. The Morgan fingerprint density at radius 2 is 2.07 bits per heavy atom. The molecule has 6 nitrogen and oxygen atoms in total. The minimum Gasteiger partial charge on any atom is -0.472 e. The number of nitrogens with one attached hydrogen (secondary N) is 1. The Morgan fingerprint density at radius 3 is 2.75 bits per heavy atom. The first kappa shape index (κ1) is 18.4. The van der Waals surface area contributed by atoms with Crippen LogP contribution in [0.15, 0.2) is 52.7 Å². The van der Waals surface area contributed by atoms with Crippen molar-refractivity contribution in [2.75, 3.05) is 18.4 Å². The molecular formula is C21H21N3O3S. The van der Waals surface area contributed by atoms with Crippen LogP contribution in [0.5, 0.6) is 0 Å². The summed E-state index contributed by atoms with van der Waals surface area (Å²) < 4.78 is 4.99. The molecule has 1 fully saturated rings. The Labute approximate surface area is 167 Å². The molecule has 0 aliphatic carbocycles. The second-order valence-electron chi connectivity index (χ2n) is 6.92. The third-order valence-corrected chi connectivity index (χ3v) is 5.69. The molecule has 1 aromatic carbocycles. The van der Waals surface area contributed by atoms with Crippen molar-refractivity contribution in [3.63, 3.8) is 0 Å². The van der Waals surface area contributed by atoms with Gasteiger partial charge in [-0.1, -0.05) is 12.1 Å². The quantitative estimate of drug-likeness (QED) is 0.718. The van der Waals surface area contributed by atoms with Crippen LogP contribution in [-0.2, 0) is 4.79 Å². The highest BCUT2D eigenvalue weighted by Gasteiger charge is 2.29. The van der Waals surface area contributed by atoms with Crippen LogP contribution in [0.25, 0.3) is 11.3 Å². The van der Waals surface area contributed by atoms with E-state index in [1.54, 1.807) is 22.3 Å². The number of nitrogens with zero attached hydrogens (tertiary/aromatic N) is 2. The zero-order chi connectivity index (χ0) is 19.5. The Balaban J connectivity index is 1.38. The summed E-state index contributed by atoms with van der Waals surface area (Å²) in [6, 6.07) is 9.34. The van der Waals surface area contributed by atoms with Crippen LogP contribution in [0.2, 0.25) is 0 Å². The van der Waals surface area contributed by atoms with Crippen molar-refractivity contribution in [2.45, 2.75) is 19.8 Å². The molecule has 1 aliphatic heterocycles. The summed E-state index contributed by atoms with van der Waals surface area (Å²) in [5, 5.41) is 6.03. The number of hydrogen-bond donors (Lipinski definition) is 1. The van der Waals surface area contributed by atoms with E-state index in [1.165, 1.54) is 12.5 Å². The molecule has 7 heteroatoms. The summed E-state index contributed by atoms with van der Waals surface area (Å²) in [7, 11) is 0. The van der Waals surface area contributed by atoms with Crippen LogP contribution in [0.1, 0.15) is 28.2 Å². The first-order chi connectivity index (χ1) is 13.6. The summed E-state index contributed by atoms with van der Waals surface area (Å²) in [4.78, 5) is 31.4. The number of hydrogen-bond acceptors (Lipinski definition) is 5. The summed E-state index contributed by atoms with van der Waals surface area (Å²) in [6.07, 6.45) is 4.51. The monoisotopic (exact) mass is 395 g/mol. The molecule has 1 atom stereocenters. The molecular weight excluding hydrogens is 374 g/mol. The fourth-order valence-electron chi connectivity index (χ4n) is 3.41. The fourth-order valence-corrected chi connectivity index (χ4v) is 4.03. The van der Waals surface area contributed by atoms with Crippen LogP contribution in [0.3, 0.4) is 0 Å². The van der Waals surface area contributed by atoms with Crippen LogP contribution < -0.4 is 5.32 Å². The van der Waals surface area contributed by atoms with Crippen LogP contribution in [0, 0.1) is 12.8 Å². The molecule has 2 aromatic heterocycles. The van der Waals surface area contributed by atoms with Crippen molar-refractivity contribution >= 4 is 28.8 Å². The summed E-state index contributed by atoms with van der Waals surface area (Å²) in [6.45, 7) is 3.06. The fraction of sp³-hybridized carbons (Fsp3) is 0.286. The number of piperidine rings is 1. The number of carbonyl (C=O) groups is 2. The molecule has 28 heavy (non-hydrogen) atoms. The number of likely N-dealkylation sites (tertiary alicyclic amines) is 1. The van der Waals surface area contributed by atoms with E-state index >= 15 is 0 Å². The topological polar surface area (TPSA) is 75.4 Å². The molecule has 0 saturated carbocycles. The number of rotatable bonds is 4. The van der Waals surface area contributed by atoms with Gasteiger partial charge in [0.1, 0.15) is 6.26 Å². The van der Waals surface area contributed by atoms with E-state index in [4.69, 9.17) is 4.42 Å². The van der Waals surface area contributed by atoms with Crippen molar-refractivity contribution < 1.29 is 14.0 Å². The number of furan rings is 1. The number of benzene rings is 1. The van der Waals surface area contributed by atoms with Gasteiger partial charge < -0.3 is 14.6 Å². The van der Waals surface area contributed by atoms with Crippen LogP contribution in [0.4, 0.5) is 5.69 Å². The highest BCUT2D eigenvalue weighted by molar-refractivity contribution is 7.09. The minimum atomic E-state index is -0.217. The van der Waals surface area contributed by atoms with Gasteiger partial charge in [0, 0.05) is 29.7 Å². The lowest BCUT2D eigenvalue weighted by Crippen LogP contribution is -2.43. The molecule has 3 heterocycles. The van der Waals surface area contributed by atoms with E-state index in [-0.39, 0.29) is 17.7 Å². The first-order valence-electron chi connectivity index (χ1n) is 9.25. The molecule has 2 amide bonds. The van der Waals surface area contributed by atoms with Gasteiger partial charge in [-0.05, 0) is 38.0 Å². The predicted octanol–water partition coefficient (Wildman–Crippen LogP) is 4.20. The van der Waals surface area contributed by atoms with Gasteiger partial charge in [-0.2, -0.15) is 0 Å². The van der Waals surface area contributed by atoms with Crippen molar-refractivity contribution in [1.82, 2.24) is 9.88 Å². The molecule has 1 aliphatic rings. The SMILES string of the molecule is Cc1nc(-c2ccc(NC(=O)[C@@H]3CCCN(C(=O)c4ccoc4)C3)cc2)cs1. The van der Waals surface area contributed by atoms with Gasteiger partial charge in [0.15, 0.2) is 0 Å². The molecule has 1 saturated heterocycles. The Morgan fingerprint density at radius 1 is 1.25 bits per heavy atom. The Bertz CT molecular complexity index is 963. The molecule has 1 N–H and O–H groups in total. The maximum Gasteiger partial charge on any atom is 0.257 e. The lowest BCUT2D eigenvalue weighted by atomic mass is 9.96. The van der Waals surface area contributed by atoms with Gasteiger partial charge in [-0.15, -0.1) is 11.3 Å². The molecule has 3 aromatic rings. The number of aromatic nitrogens is 1. The molecule has 4 rings (SSSR count). The second kappa shape index (κ2) is 7.98. The van der Waals surface area contributed by atoms with E-state index in [0.717, 1.165) is 34.8 Å². The van der Waals surface area contributed by atoms with Crippen LogP contribution in [-0.4, -0.2) is 34.8 Å². The summed E-state index contributed by atoms with van der Waals surface area (Å²) >= 11 is 1.62. The molecule has 0 radical (unpaired) electrons. The van der Waals surface area contributed by atoms with E-state index in [0.29, 0.717) is 18.7 Å². The number of anilines is 1. The highest BCUT2D eigenvalue weighted by atomic mass is 32.1. The molecule has 144 valence electrons. The largest absolute Gasteiger partial charge is 0.472 e.